The summed E-state index contributed by atoms with van der Waals surface area (Å²) in [4.78, 5) is 67.1. The van der Waals surface area contributed by atoms with Crippen LogP contribution in [0, 0.1) is 28.1 Å². The maximum atomic E-state index is 13.8. The van der Waals surface area contributed by atoms with Crippen LogP contribution in [0.3, 0.4) is 0 Å². The molecule has 13 atom stereocenters. The number of carbonyl (C=O) groups excluding carboxylic acids is 5. The van der Waals surface area contributed by atoms with E-state index in [4.69, 9.17) is 42.3 Å². The molecule has 2 spiro atoms. The Bertz CT molecular complexity index is 1690. The molecular weight excluding hydrogens is 644 g/mol. The zero-order chi connectivity index (χ0) is 35.4. The molecule has 0 amide bonds. The van der Waals surface area contributed by atoms with Crippen molar-refractivity contribution in [1.29, 1.82) is 0 Å². The lowest BCUT2D eigenvalue weighted by atomic mass is 9.33. The number of esters is 5. The Morgan fingerprint density at radius 3 is 2.16 bits per heavy atom. The van der Waals surface area contributed by atoms with Crippen LogP contribution in [-0.4, -0.2) is 77.5 Å². The molecule has 8 rings (SSSR count). The van der Waals surface area contributed by atoms with Crippen LogP contribution in [0.2, 0.25) is 0 Å². The zero-order valence-electron chi connectivity index (χ0n) is 28.9. The topological polar surface area (TPSA) is 172 Å². The normalized spacial score (nSPS) is 50.9. The van der Waals surface area contributed by atoms with Crippen molar-refractivity contribution in [2.45, 2.75) is 127 Å². The van der Waals surface area contributed by atoms with Crippen LogP contribution in [0.5, 0.6) is 0 Å². The highest BCUT2D eigenvalue weighted by Crippen LogP contribution is 2.90. The smallest absolute Gasteiger partial charge is 0.306 e. The van der Waals surface area contributed by atoms with Gasteiger partial charge in [0.15, 0.2) is 12.2 Å². The highest BCUT2D eigenvalue weighted by molar-refractivity contribution is 5.75. The van der Waals surface area contributed by atoms with Crippen molar-refractivity contribution < 1.29 is 66.3 Å². The number of methoxy groups -OCH3 is 1. The van der Waals surface area contributed by atoms with Gasteiger partial charge in [-0.2, -0.15) is 0 Å². The average molecular weight is 687 g/mol. The van der Waals surface area contributed by atoms with Gasteiger partial charge in [0.25, 0.3) is 5.97 Å². The molecular formula is C35H42O14. The van der Waals surface area contributed by atoms with Gasteiger partial charge in [-0.3, -0.25) is 24.0 Å². The summed E-state index contributed by atoms with van der Waals surface area (Å²) in [5, 5.41) is 0. The quantitative estimate of drug-likeness (QED) is 0.315. The van der Waals surface area contributed by atoms with E-state index in [9.17, 15) is 24.0 Å². The molecule has 4 aliphatic carbocycles. The summed E-state index contributed by atoms with van der Waals surface area (Å²) in [6.45, 7) is 11.1. The molecule has 14 heteroatoms. The fourth-order valence-corrected chi connectivity index (χ4v) is 12.8. The molecule has 1 unspecified atom stereocenters. The maximum absolute atomic E-state index is 13.8. The van der Waals surface area contributed by atoms with Crippen molar-refractivity contribution >= 4 is 29.8 Å². The zero-order valence-corrected chi connectivity index (χ0v) is 28.9. The van der Waals surface area contributed by atoms with E-state index in [0.717, 1.165) is 0 Å². The molecule has 49 heavy (non-hydrogen) atoms. The van der Waals surface area contributed by atoms with Crippen LogP contribution in [0.4, 0.5) is 0 Å². The second-order valence-electron chi connectivity index (χ2n) is 15.9. The number of furan rings is 1. The van der Waals surface area contributed by atoms with Crippen molar-refractivity contribution in [3.8, 4) is 0 Å². The molecule has 14 nitrogen and oxygen atoms in total. The van der Waals surface area contributed by atoms with E-state index >= 15 is 0 Å². The molecule has 4 saturated carbocycles. The fourth-order valence-electron chi connectivity index (χ4n) is 12.8. The molecule has 4 bridgehead atoms. The largest absolute Gasteiger partial charge is 0.472 e. The highest BCUT2D eigenvalue weighted by atomic mass is 16.9. The van der Waals surface area contributed by atoms with Crippen LogP contribution in [0.25, 0.3) is 0 Å². The van der Waals surface area contributed by atoms with E-state index in [1.165, 1.54) is 40.4 Å². The maximum Gasteiger partial charge on any atom is 0.306 e. The Hall–Kier alpha value is -3.49. The number of cyclic esters (lactones) is 1. The molecule has 1 aromatic rings. The summed E-state index contributed by atoms with van der Waals surface area (Å²) in [6, 6.07) is 1.73. The third kappa shape index (κ3) is 3.33. The van der Waals surface area contributed by atoms with Gasteiger partial charge in [0, 0.05) is 61.8 Å². The number of carbonyl (C=O) groups is 5. The van der Waals surface area contributed by atoms with E-state index in [1.54, 1.807) is 13.0 Å². The van der Waals surface area contributed by atoms with Crippen LogP contribution in [0.1, 0.15) is 92.2 Å². The van der Waals surface area contributed by atoms with E-state index < -0.39 is 105 Å². The number of rotatable bonds is 6. The molecule has 1 aromatic heterocycles. The van der Waals surface area contributed by atoms with Crippen LogP contribution in [-0.2, 0) is 61.9 Å². The molecule has 3 saturated heterocycles. The summed E-state index contributed by atoms with van der Waals surface area (Å²) in [6.07, 6.45) is -0.00265. The highest BCUT2D eigenvalue weighted by Gasteiger charge is 3.05. The standard InChI is InChI=1S/C35H42O14/c1-17(36)43-26-29(5)16-33-30(6,21(29)13-23(39)41-8)32-11-10-28(4)22(14-24(40)45-25(28)20-9-12-42-15-20)34(32,49-31(7,47-32)48-33)27(44-18(2)37)35(26,33)46-19(3)38/h9,12,15,21-22,25-27H,10-11,13-14,16H2,1-8H3/t21-,22+,25-,26-,27-,28+,29-,30-,31?,32-,33+,34+,35-/m0/s1. The Balaban J connectivity index is 1.50. The monoisotopic (exact) mass is 686 g/mol. The molecule has 0 N–H and O–H groups in total. The fraction of sp³-hybridized carbons (Fsp3) is 0.743. The Morgan fingerprint density at radius 1 is 0.878 bits per heavy atom. The van der Waals surface area contributed by atoms with Gasteiger partial charge >= 0.3 is 29.8 Å². The summed E-state index contributed by atoms with van der Waals surface area (Å²) in [7, 11) is 1.30. The average Bonchev–Trinajstić information content (AvgIpc) is 3.70. The summed E-state index contributed by atoms with van der Waals surface area (Å²) in [5.41, 5.74) is -9.35. The van der Waals surface area contributed by atoms with E-state index in [2.05, 4.69) is 0 Å². The second kappa shape index (κ2) is 9.43. The van der Waals surface area contributed by atoms with Crippen LogP contribution >= 0.6 is 0 Å². The first kappa shape index (κ1) is 32.7. The van der Waals surface area contributed by atoms with Gasteiger partial charge < -0.3 is 42.3 Å². The lowest BCUT2D eigenvalue weighted by Gasteiger charge is -2.77. The first-order chi connectivity index (χ1) is 22.9. The Kier molecular flexibility index (Phi) is 6.30. The first-order valence-electron chi connectivity index (χ1n) is 16.8. The SMILES string of the molecule is COC(=O)C[C@H]1[C@]2(C)C[C@@]34OC5(C)O[C@]6([C@@H]7CC(=O)O[C@@H](c8ccoc8)[C@]7(C)CC[C@]6(O5)[C@]13C)[C@H](OC(C)=O)[C@@]4(OC(C)=O)[C@H]2OC(C)=O. The minimum Gasteiger partial charge on any atom is -0.472 e. The molecule has 0 aromatic carbocycles. The van der Waals surface area contributed by atoms with Crippen molar-refractivity contribution in [2.75, 3.05) is 7.11 Å². The molecule has 0 radical (unpaired) electrons. The lowest BCUT2D eigenvalue weighted by Crippen LogP contribution is -2.94. The van der Waals surface area contributed by atoms with Crippen molar-refractivity contribution in [3.05, 3.63) is 24.2 Å². The van der Waals surface area contributed by atoms with Gasteiger partial charge in [-0.25, -0.2) is 0 Å². The predicted octanol–water partition coefficient (Wildman–Crippen LogP) is 3.44. The van der Waals surface area contributed by atoms with E-state index in [1.807, 2.05) is 20.8 Å². The number of hydrogen-bond acceptors (Lipinski definition) is 14. The van der Waals surface area contributed by atoms with Crippen molar-refractivity contribution in [3.63, 3.8) is 0 Å². The summed E-state index contributed by atoms with van der Waals surface area (Å²) in [5.74, 6) is -6.47. The molecule has 266 valence electrons. The molecule has 7 fully saturated rings. The number of hydrogen-bond donors (Lipinski definition) is 0. The molecule has 7 aliphatic rings. The second-order valence-corrected chi connectivity index (χ2v) is 15.9. The van der Waals surface area contributed by atoms with Gasteiger partial charge in [0.05, 0.1) is 26.1 Å². The molecule has 3 aliphatic heterocycles. The van der Waals surface area contributed by atoms with E-state index in [-0.39, 0.29) is 19.3 Å². The van der Waals surface area contributed by atoms with Crippen molar-refractivity contribution in [2.24, 2.45) is 28.1 Å². The van der Waals surface area contributed by atoms with Gasteiger partial charge in [0.1, 0.15) is 22.9 Å². The third-order valence-corrected chi connectivity index (χ3v) is 13.8. The Morgan fingerprint density at radius 2 is 1.55 bits per heavy atom. The summed E-state index contributed by atoms with van der Waals surface area (Å²) >= 11 is 0. The predicted molar refractivity (Wildman–Crippen MR) is 159 cm³/mol. The number of fused-ring (bicyclic) bond motifs is 3. The van der Waals surface area contributed by atoms with Gasteiger partial charge in [-0.15, -0.1) is 0 Å². The minimum absolute atomic E-state index is 0.125. The first-order valence-corrected chi connectivity index (χ1v) is 16.8. The van der Waals surface area contributed by atoms with Gasteiger partial charge in [-0.05, 0) is 31.2 Å². The van der Waals surface area contributed by atoms with Crippen LogP contribution < -0.4 is 0 Å². The number of ether oxygens (including phenoxy) is 8. The van der Waals surface area contributed by atoms with Gasteiger partial charge in [0.2, 0.25) is 5.60 Å². The van der Waals surface area contributed by atoms with E-state index in [0.29, 0.717) is 18.4 Å². The Labute approximate surface area is 282 Å². The molecule has 4 heterocycles. The minimum atomic E-state index is -2.01. The third-order valence-electron chi connectivity index (χ3n) is 13.8. The van der Waals surface area contributed by atoms with Gasteiger partial charge in [-0.1, -0.05) is 20.8 Å². The summed E-state index contributed by atoms with van der Waals surface area (Å²) < 4.78 is 57.3. The van der Waals surface area contributed by atoms with Crippen LogP contribution in [0.15, 0.2) is 23.0 Å². The van der Waals surface area contributed by atoms with Crippen molar-refractivity contribution in [1.82, 2.24) is 0 Å². The lowest BCUT2D eigenvalue weighted by molar-refractivity contribution is -0.477.